The number of carbonyl (C=O) groups is 1. The average Bonchev–Trinajstić information content (AvgIpc) is 2.96. The van der Waals surface area contributed by atoms with Crippen LogP contribution in [0.5, 0.6) is 0 Å². The van der Waals surface area contributed by atoms with Crippen LogP contribution in [0.25, 0.3) is 0 Å². The molecule has 1 saturated carbocycles. The summed E-state index contributed by atoms with van der Waals surface area (Å²) in [7, 11) is 0. The summed E-state index contributed by atoms with van der Waals surface area (Å²) in [5.74, 6) is 0.683. The van der Waals surface area contributed by atoms with Gasteiger partial charge >= 0.3 is 6.09 Å². The molecule has 24 heavy (non-hydrogen) atoms. The second-order valence-corrected chi connectivity index (χ2v) is 8.73. The number of hydrogen-bond acceptors (Lipinski definition) is 4. The molecule has 2 fully saturated rings. The van der Waals surface area contributed by atoms with E-state index in [4.69, 9.17) is 4.74 Å². The molecule has 5 heteroatoms. The van der Waals surface area contributed by atoms with Crippen molar-refractivity contribution in [3.8, 4) is 0 Å². The van der Waals surface area contributed by atoms with Gasteiger partial charge in [-0.2, -0.15) is 0 Å². The van der Waals surface area contributed by atoms with E-state index in [1.807, 2.05) is 20.8 Å². The predicted octanol–water partition coefficient (Wildman–Crippen LogP) is 3.14. The zero-order valence-corrected chi connectivity index (χ0v) is 16.1. The molecule has 140 valence electrons. The first kappa shape index (κ1) is 19.5. The highest BCUT2D eigenvalue weighted by atomic mass is 16.6. The molecule has 2 aliphatic rings. The molecule has 2 rings (SSSR count). The van der Waals surface area contributed by atoms with E-state index in [2.05, 4.69) is 22.5 Å². The van der Waals surface area contributed by atoms with Crippen molar-refractivity contribution < 1.29 is 9.53 Å². The number of hydrogen-bond donors (Lipinski definition) is 2. The van der Waals surface area contributed by atoms with Gasteiger partial charge in [0.15, 0.2) is 0 Å². The summed E-state index contributed by atoms with van der Waals surface area (Å²) in [6.45, 7) is 12.9. The monoisotopic (exact) mass is 339 g/mol. The Kier molecular flexibility index (Phi) is 7.35. The minimum absolute atomic E-state index is 0.236. The van der Waals surface area contributed by atoms with E-state index < -0.39 is 5.60 Å². The number of nitrogens with one attached hydrogen (secondary N) is 2. The van der Waals surface area contributed by atoms with Crippen LogP contribution in [0, 0.1) is 5.92 Å². The van der Waals surface area contributed by atoms with Gasteiger partial charge in [0.2, 0.25) is 0 Å². The molecule has 5 nitrogen and oxygen atoms in total. The molecule has 2 N–H and O–H groups in total. The number of carbonyl (C=O) groups excluding carboxylic acids is 1. The van der Waals surface area contributed by atoms with Crippen LogP contribution in [0.1, 0.15) is 66.2 Å². The Morgan fingerprint density at radius 3 is 2.50 bits per heavy atom. The van der Waals surface area contributed by atoms with Crippen LogP contribution in [0.3, 0.4) is 0 Å². The number of alkyl carbamates (subject to hydrolysis) is 1. The van der Waals surface area contributed by atoms with Gasteiger partial charge < -0.3 is 20.3 Å². The Bertz CT molecular complexity index is 389. The molecule has 1 amide bonds. The Hall–Kier alpha value is -0.810. The lowest BCUT2D eigenvalue weighted by Crippen LogP contribution is -2.46. The molecular weight excluding hydrogens is 302 g/mol. The molecule has 1 heterocycles. The molecule has 0 aromatic rings. The summed E-state index contributed by atoms with van der Waals surface area (Å²) >= 11 is 0. The summed E-state index contributed by atoms with van der Waals surface area (Å²) in [4.78, 5) is 14.5. The standard InChI is InChI=1S/C19H37N3O2/c1-15(14-22-10-5-6-11-22)13-20-16-8-7-9-17(12-16)21-18(23)24-19(2,3)4/h15-17,20H,5-14H2,1-4H3,(H,21,23). The van der Waals surface area contributed by atoms with Crippen molar-refractivity contribution in [1.82, 2.24) is 15.5 Å². The van der Waals surface area contributed by atoms with E-state index in [-0.39, 0.29) is 12.1 Å². The first-order valence-electron chi connectivity index (χ1n) is 9.77. The van der Waals surface area contributed by atoms with Crippen LogP contribution in [-0.2, 0) is 4.74 Å². The van der Waals surface area contributed by atoms with Crippen molar-refractivity contribution in [2.75, 3.05) is 26.2 Å². The maximum Gasteiger partial charge on any atom is 0.407 e. The van der Waals surface area contributed by atoms with E-state index in [0.717, 1.165) is 19.4 Å². The predicted molar refractivity (Wildman–Crippen MR) is 98.3 cm³/mol. The maximum atomic E-state index is 11.9. The largest absolute Gasteiger partial charge is 0.444 e. The third-order valence-corrected chi connectivity index (χ3v) is 4.92. The minimum atomic E-state index is -0.429. The van der Waals surface area contributed by atoms with Crippen LogP contribution in [0.2, 0.25) is 0 Å². The van der Waals surface area contributed by atoms with Crippen molar-refractivity contribution >= 4 is 6.09 Å². The molecule has 0 bridgehead atoms. The van der Waals surface area contributed by atoms with E-state index in [1.165, 1.54) is 45.3 Å². The van der Waals surface area contributed by atoms with Crippen molar-refractivity contribution in [3.05, 3.63) is 0 Å². The number of amides is 1. The zero-order chi connectivity index (χ0) is 17.6. The summed E-state index contributed by atoms with van der Waals surface area (Å²) in [6, 6.07) is 0.750. The SMILES string of the molecule is CC(CNC1CCCC(NC(=O)OC(C)(C)C)C1)CN1CCCC1. The lowest BCUT2D eigenvalue weighted by atomic mass is 9.90. The van der Waals surface area contributed by atoms with Gasteiger partial charge in [-0.25, -0.2) is 4.79 Å². The fraction of sp³-hybridized carbons (Fsp3) is 0.947. The Morgan fingerprint density at radius 1 is 1.17 bits per heavy atom. The summed E-state index contributed by atoms with van der Waals surface area (Å²) in [6.07, 6.45) is 6.88. The molecule has 3 unspecified atom stereocenters. The molecule has 0 spiro atoms. The molecule has 1 saturated heterocycles. The van der Waals surface area contributed by atoms with E-state index in [0.29, 0.717) is 12.0 Å². The second kappa shape index (κ2) is 9.04. The van der Waals surface area contributed by atoms with Gasteiger partial charge in [0.1, 0.15) is 5.60 Å². The quantitative estimate of drug-likeness (QED) is 0.780. The summed E-state index contributed by atoms with van der Waals surface area (Å²) < 4.78 is 5.37. The van der Waals surface area contributed by atoms with Gasteiger partial charge in [-0.1, -0.05) is 6.92 Å². The summed E-state index contributed by atoms with van der Waals surface area (Å²) in [5.41, 5.74) is -0.429. The van der Waals surface area contributed by atoms with Gasteiger partial charge in [0, 0.05) is 18.6 Å². The van der Waals surface area contributed by atoms with E-state index in [9.17, 15) is 4.79 Å². The van der Waals surface area contributed by atoms with Crippen LogP contribution >= 0.6 is 0 Å². The van der Waals surface area contributed by atoms with Gasteiger partial charge in [-0.3, -0.25) is 0 Å². The smallest absolute Gasteiger partial charge is 0.407 e. The number of likely N-dealkylation sites (tertiary alicyclic amines) is 1. The van der Waals surface area contributed by atoms with Crippen LogP contribution < -0.4 is 10.6 Å². The normalized spacial score (nSPS) is 27.0. The van der Waals surface area contributed by atoms with Crippen LogP contribution in [0.15, 0.2) is 0 Å². The minimum Gasteiger partial charge on any atom is -0.444 e. The Balaban J connectivity index is 1.65. The average molecular weight is 340 g/mol. The summed E-state index contributed by atoms with van der Waals surface area (Å²) in [5, 5.41) is 6.77. The molecule has 1 aliphatic heterocycles. The molecule has 3 atom stereocenters. The lowest BCUT2D eigenvalue weighted by Gasteiger charge is -2.32. The number of rotatable bonds is 6. The third-order valence-electron chi connectivity index (χ3n) is 4.92. The van der Waals surface area contributed by atoms with Crippen molar-refractivity contribution in [2.45, 2.75) is 83.9 Å². The molecule has 1 aliphatic carbocycles. The first-order chi connectivity index (χ1) is 11.3. The van der Waals surface area contributed by atoms with Gasteiger partial charge in [-0.15, -0.1) is 0 Å². The van der Waals surface area contributed by atoms with Gasteiger partial charge in [-0.05, 0) is 84.8 Å². The highest BCUT2D eigenvalue weighted by Crippen LogP contribution is 2.20. The van der Waals surface area contributed by atoms with E-state index >= 15 is 0 Å². The fourth-order valence-electron chi connectivity index (χ4n) is 3.82. The van der Waals surface area contributed by atoms with Crippen LogP contribution in [-0.4, -0.2) is 54.9 Å². The molecular formula is C19H37N3O2. The Labute approximate surface area is 147 Å². The lowest BCUT2D eigenvalue weighted by molar-refractivity contribution is 0.0488. The zero-order valence-electron chi connectivity index (χ0n) is 16.1. The van der Waals surface area contributed by atoms with Crippen molar-refractivity contribution in [3.63, 3.8) is 0 Å². The number of ether oxygens (including phenoxy) is 1. The van der Waals surface area contributed by atoms with Gasteiger partial charge in [0.05, 0.1) is 0 Å². The number of nitrogens with zero attached hydrogens (tertiary/aromatic N) is 1. The fourth-order valence-corrected chi connectivity index (χ4v) is 3.82. The van der Waals surface area contributed by atoms with Crippen LogP contribution in [0.4, 0.5) is 4.79 Å². The molecule has 0 radical (unpaired) electrons. The Morgan fingerprint density at radius 2 is 1.83 bits per heavy atom. The highest BCUT2D eigenvalue weighted by Gasteiger charge is 2.25. The third kappa shape index (κ3) is 7.39. The topological polar surface area (TPSA) is 53.6 Å². The second-order valence-electron chi connectivity index (χ2n) is 8.73. The highest BCUT2D eigenvalue weighted by molar-refractivity contribution is 5.68. The van der Waals surface area contributed by atoms with Crippen molar-refractivity contribution in [1.29, 1.82) is 0 Å². The molecule has 0 aromatic heterocycles. The first-order valence-corrected chi connectivity index (χ1v) is 9.77. The maximum absolute atomic E-state index is 11.9. The van der Waals surface area contributed by atoms with Gasteiger partial charge in [0.25, 0.3) is 0 Å². The van der Waals surface area contributed by atoms with Crippen molar-refractivity contribution in [2.24, 2.45) is 5.92 Å². The molecule has 0 aromatic carbocycles. The van der Waals surface area contributed by atoms with E-state index in [1.54, 1.807) is 0 Å².